The van der Waals surface area contributed by atoms with Crippen molar-refractivity contribution in [2.75, 3.05) is 5.32 Å². The van der Waals surface area contributed by atoms with Crippen LogP contribution < -0.4 is 10.9 Å². The van der Waals surface area contributed by atoms with Gasteiger partial charge in [-0.25, -0.2) is 9.78 Å². The highest BCUT2D eigenvalue weighted by Crippen LogP contribution is 2.60. The van der Waals surface area contributed by atoms with Crippen LogP contribution in [0, 0.1) is 11.9 Å². The fourth-order valence-electron chi connectivity index (χ4n) is 5.95. The summed E-state index contributed by atoms with van der Waals surface area (Å²) in [6, 6.07) is 13.6. The van der Waals surface area contributed by atoms with Gasteiger partial charge in [0.2, 0.25) is 5.95 Å². The molecule has 198 valence electrons. The zero-order chi connectivity index (χ0) is 27.1. The number of aromatic amines is 1. The molecule has 3 atom stereocenters. The molecule has 13 heteroatoms. The van der Waals surface area contributed by atoms with Gasteiger partial charge in [0.05, 0.1) is 17.4 Å². The van der Waals surface area contributed by atoms with Crippen LogP contribution in [0.4, 0.5) is 14.9 Å². The van der Waals surface area contributed by atoms with Gasteiger partial charge in [-0.3, -0.25) is 10.1 Å². The molecule has 3 aliphatic rings. The van der Waals surface area contributed by atoms with Gasteiger partial charge in [-0.05, 0) is 64.7 Å². The number of benzene rings is 2. The number of ether oxygens (including phenoxy) is 1. The second-order valence-corrected chi connectivity index (χ2v) is 10.5. The summed E-state index contributed by atoms with van der Waals surface area (Å²) in [4.78, 5) is 32.4. The lowest BCUT2D eigenvalue weighted by Crippen LogP contribution is -2.26. The van der Waals surface area contributed by atoms with Crippen molar-refractivity contribution in [3.63, 3.8) is 0 Å². The lowest BCUT2D eigenvalue weighted by molar-refractivity contribution is 0.151. The minimum Gasteiger partial charge on any atom is -0.444 e. The third kappa shape index (κ3) is 3.49. The van der Waals surface area contributed by atoms with Gasteiger partial charge in [-0.2, -0.15) is 9.07 Å². The van der Waals surface area contributed by atoms with E-state index >= 15 is 4.39 Å². The number of halogens is 2. The molecule has 2 N–H and O–H groups in total. The summed E-state index contributed by atoms with van der Waals surface area (Å²) in [5.41, 5.74) is 4.91. The first kappa shape index (κ1) is 23.1. The molecule has 2 aromatic carbocycles. The van der Waals surface area contributed by atoms with E-state index in [1.54, 1.807) is 47.0 Å². The lowest BCUT2D eigenvalue weighted by Gasteiger charge is -2.18. The molecule has 0 saturated heterocycles. The van der Waals surface area contributed by atoms with Gasteiger partial charge >= 0.3 is 6.09 Å². The van der Waals surface area contributed by atoms with E-state index in [9.17, 15) is 9.59 Å². The second-order valence-electron chi connectivity index (χ2n) is 10.1. The van der Waals surface area contributed by atoms with Crippen molar-refractivity contribution in [2.24, 2.45) is 5.92 Å². The predicted octanol–water partition coefficient (Wildman–Crippen LogP) is 4.44. The maximum Gasteiger partial charge on any atom is 0.411 e. The van der Waals surface area contributed by atoms with Crippen molar-refractivity contribution in [1.82, 2.24) is 34.7 Å². The molecule has 1 aliphatic carbocycles. The summed E-state index contributed by atoms with van der Waals surface area (Å²) in [6.45, 7) is 0.0941. The van der Waals surface area contributed by atoms with Crippen molar-refractivity contribution in [2.45, 2.75) is 25.0 Å². The Kier molecular flexibility index (Phi) is 4.81. The molecule has 11 nitrogen and oxygen atoms in total. The van der Waals surface area contributed by atoms with Crippen molar-refractivity contribution in [3.05, 3.63) is 93.3 Å². The minimum atomic E-state index is -0.656. The topological polar surface area (TPSA) is 133 Å². The molecule has 0 bridgehead atoms. The first-order chi connectivity index (χ1) is 19.4. The van der Waals surface area contributed by atoms with E-state index < -0.39 is 18.1 Å². The standard InChI is InChI=1S/C27H18ClFN8O3/c28-15-2-4-20(36-11-30-34-35-36)16(8-15)13-6-21-17-9-18(17)24(37(21)22(38)7-13)26-32-23(25(29)33-26)12-1-3-19-14(5-12)10-40-27(39)31-19/h1-8,11,17-18,24H,9-10H2,(H,31,39)(H,32,33). The summed E-state index contributed by atoms with van der Waals surface area (Å²) in [5.74, 6) is 0.0327. The van der Waals surface area contributed by atoms with Gasteiger partial charge in [0.15, 0.2) is 0 Å². The number of cyclic esters (lactones) is 1. The maximum atomic E-state index is 15.2. The van der Waals surface area contributed by atoms with Crippen molar-refractivity contribution in [3.8, 4) is 28.1 Å². The number of carbonyl (C=O) groups excluding carboxylic acids is 1. The predicted molar refractivity (Wildman–Crippen MR) is 141 cm³/mol. The Morgan fingerprint density at radius 1 is 1.07 bits per heavy atom. The monoisotopic (exact) mass is 556 g/mol. The fraction of sp³-hybridized carbons (Fsp3) is 0.185. The molecule has 1 amide bonds. The summed E-state index contributed by atoms with van der Waals surface area (Å²) in [5, 5.41) is 14.6. The van der Waals surface area contributed by atoms with Crippen LogP contribution in [0.1, 0.15) is 35.5 Å². The average molecular weight is 557 g/mol. The van der Waals surface area contributed by atoms with E-state index in [0.29, 0.717) is 33.3 Å². The third-order valence-electron chi connectivity index (χ3n) is 7.81. The number of anilines is 1. The normalized spacial score (nSPS) is 20.4. The number of tetrazole rings is 1. The number of H-pyrrole nitrogens is 1. The molecule has 1 fully saturated rings. The fourth-order valence-corrected chi connectivity index (χ4v) is 6.12. The number of fused-ring (bicyclic) bond motifs is 4. The van der Waals surface area contributed by atoms with Crippen molar-refractivity contribution in [1.29, 1.82) is 0 Å². The highest BCUT2D eigenvalue weighted by molar-refractivity contribution is 6.31. The number of amides is 1. The van der Waals surface area contributed by atoms with Gasteiger partial charge in [0.1, 0.15) is 24.5 Å². The molecule has 2 aliphatic heterocycles. The summed E-state index contributed by atoms with van der Waals surface area (Å²) in [6.07, 6.45) is 1.83. The molecule has 5 aromatic rings. The number of hydrogen-bond acceptors (Lipinski definition) is 7. The van der Waals surface area contributed by atoms with E-state index in [1.807, 2.05) is 6.07 Å². The Hall–Kier alpha value is -4.84. The highest BCUT2D eigenvalue weighted by atomic mass is 35.5. The van der Waals surface area contributed by atoms with Gasteiger partial charge in [-0.15, -0.1) is 5.10 Å². The Labute approximate surface area is 229 Å². The third-order valence-corrected chi connectivity index (χ3v) is 8.05. The number of hydrogen-bond donors (Lipinski definition) is 2. The summed E-state index contributed by atoms with van der Waals surface area (Å²) >= 11 is 6.32. The molecule has 3 aromatic heterocycles. The van der Waals surface area contributed by atoms with Crippen LogP contribution in [-0.4, -0.2) is 40.8 Å². The molecule has 1 saturated carbocycles. The molecule has 0 radical (unpaired) electrons. The molecule has 3 unspecified atom stereocenters. The Bertz CT molecular complexity index is 1920. The van der Waals surface area contributed by atoms with E-state index in [1.165, 1.54) is 11.0 Å². The zero-order valence-electron chi connectivity index (χ0n) is 20.5. The largest absolute Gasteiger partial charge is 0.444 e. The number of rotatable bonds is 4. The van der Waals surface area contributed by atoms with Crippen LogP contribution in [0.2, 0.25) is 5.02 Å². The Balaban J connectivity index is 1.19. The molecular weight excluding hydrogens is 539 g/mol. The number of nitrogens with zero attached hydrogens (tertiary/aromatic N) is 6. The van der Waals surface area contributed by atoms with Crippen LogP contribution in [0.25, 0.3) is 28.1 Å². The van der Waals surface area contributed by atoms with Crippen molar-refractivity contribution >= 4 is 23.4 Å². The van der Waals surface area contributed by atoms with E-state index in [4.69, 9.17) is 16.3 Å². The van der Waals surface area contributed by atoms with Gasteiger partial charge < -0.3 is 14.3 Å². The summed E-state index contributed by atoms with van der Waals surface area (Å²) < 4.78 is 23.5. The molecule has 5 heterocycles. The van der Waals surface area contributed by atoms with Crippen LogP contribution in [0.15, 0.2) is 59.7 Å². The Morgan fingerprint density at radius 3 is 2.83 bits per heavy atom. The first-order valence-electron chi connectivity index (χ1n) is 12.6. The first-order valence-corrected chi connectivity index (χ1v) is 12.9. The number of pyridine rings is 1. The zero-order valence-corrected chi connectivity index (χ0v) is 21.3. The van der Waals surface area contributed by atoms with Crippen LogP contribution in [-0.2, 0) is 11.3 Å². The van der Waals surface area contributed by atoms with Crippen molar-refractivity contribution < 1.29 is 13.9 Å². The number of nitrogens with one attached hydrogen (secondary N) is 2. The molecule has 0 spiro atoms. The number of imidazole rings is 1. The smallest absolute Gasteiger partial charge is 0.411 e. The number of aromatic nitrogens is 7. The molecule has 8 rings (SSSR count). The van der Waals surface area contributed by atoms with Crippen LogP contribution in [0.5, 0.6) is 0 Å². The average Bonchev–Trinajstić information content (AvgIpc) is 3.24. The number of carbonyl (C=O) groups is 1. The summed E-state index contributed by atoms with van der Waals surface area (Å²) in [7, 11) is 0. The Morgan fingerprint density at radius 2 is 1.98 bits per heavy atom. The SMILES string of the molecule is O=C1Nc2ccc(-c3[nH]c(C4C5CC5c5cc(-c6cc(Cl)ccc6-n6cnnn6)cc(=O)n54)nc3F)cc2CO1. The van der Waals surface area contributed by atoms with Gasteiger partial charge in [0, 0.05) is 39.4 Å². The maximum absolute atomic E-state index is 15.2. The highest BCUT2D eigenvalue weighted by Gasteiger charge is 2.54. The molecular formula is C27H18ClFN8O3. The van der Waals surface area contributed by atoms with E-state index in [-0.39, 0.29) is 29.7 Å². The van der Waals surface area contributed by atoms with Crippen LogP contribution >= 0.6 is 11.6 Å². The second kappa shape index (κ2) is 8.33. The minimum absolute atomic E-state index is 0.0941. The van der Waals surface area contributed by atoms with E-state index in [2.05, 4.69) is 30.8 Å². The van der Waals surface area contributed by atoms with E-state index in [0.717, 1.165) is 23.2 Å². The quantitative estimate of drug-likeness (QED) is 0.334. The van der Waals surface area contributed by atoms with Crippen LogP contribution in [0.3, 0.4) is 0 Å². The lowest BCUT2D eigenvalue weighted by atomic mass is 10.0. The van der Waals surface area contributed by atoms with Gasteiger partial charge in [0.25, 0.3) is 5.56 Å². The molecule has 40 heavy (non-hydrogen) atoms. The van der Waals surface area contributed by atoms with Gasteiger partial charge in [-0.1, -0.05) is 17.7 Å².